The van der Waals surface area contributed by atoms with E-state index in [0.717, 1.165) is 0 Å². The zero-order valence-electron chi connectivity index (χ0n) is 10.2. The zero-order valence-corrected chi connectivity index (χ0v) is 10.2. The molecule has 2 aromatic rings. The van der Waals surface area contributed by atoms with E-state index in [-0.39, 0.29) is 0 Å². The van der Waals surface area contributed by atoms with E-state index in [1.807, 2.05) is 12.1 Å². The molecule has 1 atom stereocenters. The average Bonchev–Trinajstić information content (AvgIpc) is 3.21. The maximum absolute atomic E-state index is 3.11. The average molecular weight is 221 g/mol. The van der Waals surface area contributed by atoms with Crippen molar-refractivity contribution in [1.29, 1.82) is 0 Å². The highest BCUT2D eigenvalue weighted by Gasteiger charge is 2.48. The summed E-state index contributed by atoms with van der Waals surface area (Å²) in [5, 5.41) is 0. The van der Waals surface area contributed by atoms with Gasteiger partial charge in [0.1, 0.15) is 0 Å². The molecule has 1 saturated carbocycles. The molecule has 0 aliphatic heterocycles. The van der Waals surface area contributed by atoms with E-state index in [1.54, 1.807) is 0 Å². The maximum Gasteiger partial charge on any atom is 0.00196 e. The highest BCUT2D eigenvalue weighted by molar-refractivity contribution is 5.38. The lowest BCUT2D eigenvalue weighted by Gasteiger charge is -2.24. The number of hydrogen-bond donors (Lipinski definition) is 0. The Balaban J connectivity index is 1.95. The molecule has 1 aliphatic carbocycles. The molecule has 0 heterocycles. The Bertz CT molecular complexity index is 480. The van der Waals surface area contributed by atoms with Gasteiger partial charge in [-0.1, -0.05) is 61.5 Å². The topological polar surface area (TPSA) is 0 Å². The van der Waals surface area contributed by atoms with Crippen LogP contribution in [0.1, 0.15) is 36.8 Å². The summed E-state index contributed by atoms with van der Waals surface area (Å²) < 4.78 is 0. The summed E-state index contributed by atoms with van der Waals surface area (Å²) in [6.45, 7) is 2.36. The third kappa shape index (κ3) is 1.78. The maximum atomic E-state index is 3.11. The molecular formula is C17H17. The summed E-state index contributed by atoms with van der Waals surface area (Å²) >= 11 is 0. The minimum absolute atomic E-state index is 0.385. The highest BCUT2D eigenvalue weighted by Crippen LogP contribution is 2.57. The summed E-state index contributed by atoms with van der Waals surface area (Å²) in [5.74, 6) is 0.603. The van der Waals surface area contributed by atoms with Crippen molar-refractivity contribution in [2.45, 2.75) is 31.1 Å². The fourth-order valence-electron chi connectivity index (χ4n) is 2.89. The summed E-state index contributed by atoms with van der Waals surface area (Å²) in [6, 6.07) is 22.5. The van der Waals surface area contributed by atoms with Crippen LogP contribution >= 0.6 is 0 Å². The van der Waals surface area contributed by atoms with E-state index in [2.05, 4.69) is 55.5 Å². The van der Waals surface area contributed by atoms with E-state index in [9.17, 15) is 0 Å². The fraction of sp³-hybridized carbons (Fsp3) is 0.294. The molecule has 0 saturated heterocycles. The molecule has 0 spiro atoms. The molecule has 3 rings (SSSR count). The number of benzene rings is 2. The quantitative estimate of drug-likeness (QED) is 0.724. The molecule has 17 heavy (non-hydrogen) atoms. The zero-order chi connectivity index (χ0) is 11.7. The summed E-state index contributed by atoms with van der Waals surface area (Å²) in [5.41, 5.74) is 3.32. The van der Waals surface area contributed by atoms with Gasteiger partial charge < -0.3 is 0 Å². The Kier molecular flexibility index (Phi) is 2.51. The second kappa shape index (κ2) is 4.03. The van der Waals surface area contributed by atoms with Gasteiger partial charge in [0.2, 0.25) is 0 Å². The summed E-state index contributed by atoms with van der Waals surface area (Å²) in [4.78, 5) is 0. The van der Waals surface area contributed by atoms with E-state index >= 15 is 0 Å². The first-order valence-corrected chi connectivity index (χ1v) is 6.34. The van der Waals surface area contributed by atoms with Gasteiger partial charge in [-0.2, -0.15) is 0 Å². The van der Waals surface area contributed by atoms with E-state index in [4.69, 9.17) is 0 Å². The molecule has 0 N–H and O–H groups in total. The minimum atomic E-state index is 0.385. The van der Waals surface area contributed by atoms with Gasteiger partial charge in [0, 0.05) is 5.41 Å². The van der Waals surface area contributed by atoms with Crippen molar-refractivity contribution in [2.75, 3.05) is 0 Å². The Labute approximate surface area is 103 Å². The van der Waals surface area contributed by atoms with Gasteiger partial charge in [0.25, 0.3) is 0 Å². The Morgan fingerprint density at radius 3 is 2.24 bits per heavy atom. The Morgan fingerprint density at radius 2 is 1.65 bits per heavy atom. The van der Waals surface area contributed by atoms with Crippen LogP contribution in [0.4, 0.5) is 0 Å². The minimum Gasteiger partial charge on any atom is -0.0622 e. The second-order valence-corrected chi connectivity index (χ2v) is 5.08. The van der Waals surface area contributed by atoms with Crippen LogP contribution in [0, 0.1) is 6.07 Å². The molecule has 1 radical (unpaired) electrons. The highest BCUT2D eigenvalue weighted by atomic mass is 14.5. The fourth-order valence-corrected chi connectivity index (χ4v) is 2.89. The normalized spacial score (nSPS) is 18.6. The van der Waals surface area contributed by atoms with Crippen LogP contribution < -0.4 is 0 Å². The lowest BCUT2D eigenvalue weighted by molar-refractivity contribution is 0.564. The van der Waals surface area contributed by atoms with Gasteiger partial charge in [-0.05, 0) is 36.0 Å². The molecule has 2 aromatic carbocycles. The summed E-state index contributed by atoms with van der Waals surface area (Å²) in [6.07, 6.45) is 2.63. The van der Waals surface area contributed by atoms with Crippen molar-refractivity contribution in [2.24, 2.45) is 0 Å². The molecule has 0 amide bonds. The third-order valence-corrected chi connectivity index (χ3v) is 4.21. The van der Waals surface area contributed by atoms with Gasteiger partial charge >= 0.3 is 0 Å². The third-order valence-electron chi connectivity index (χ3n) is 4.21. The van der Waals surface area contributed by atoms with Crippen molar-refractivity contribution < 1.29 is 0 Å². The Hall–Kier alpha value is -1.56. The van der Waals surface area contributed by atoms with Gasteiger partial charge in [-0.3, -0.25) is 0 Å². The first kappa shape index (κ1) is 10.6. The molecule has 1 fully saturated rings. The number of hydrogen-bond acceptors (Lipinski definition) is 0. The van der Waals surface area contributed by atoms with Crippen molar-refractivity contribution in [3.05, 3.63) is 71.8 Å². The van der Waals surface area contributed by atoms with Crippen LogP contribution in [0.2, 0.25) is 0 Å². The smallest absolute Gasteiger partial charge is 0.00196 e. The molecule has 1 unspecified atom stereocenters. The van der Waals surface area contributed by atoms with E-state index in [0.29, 0.717) is 11.3 Å². The first-order chi connectivity index (χ1) is 8.33. The monoisotopic (exact) mass is 221 g/mol. The van der Waals surface area contributed by atoms with Crippen LogP contribution in [-0.2, 0) is 5.41 Å². The SMILES string of the molecule is CC(c1ccccc1)C1(c2cc[c]cc2)CC1. The lowest BCUT2D eigenvalue weighted by atomic mass is 9.80. The molecule has 0 aromatic heterocycles. The van der Waals surface area contributed by atoms with Crippen molar-refractivity contribution >= 4 is 0 Å². The number of rotatable bonds is 3. The van der Waals surface area contributed by atoms with Crippen LogP contribution in [0.5, 0.6) is 0 Å². The molecular weight excluding hydrogens is 204 g/mol. The van der Waals surface area contributed by atoms with Gasteiger partial charge in [-0.15, -0.1) is 0 Å². The van der Waals surface area contributed by atoms with Crippen LogP contribution in [-0.4, -0.2) is 0 Å². The van der Waals surface area contributed by atoms with Crippen molar-refractivity contribution in [1.82, 2.24) is 0 Å². The Morgan fingerprint density at radius 1 is 1.00 bits per heavy atom. The standard InChI is InChI=1S/C17H17/c1-14(15-8-4-2-5-9-15)17(12-13-17)16-10-6-3-7-11-16/h2,4-11,14H,12-13H2,1H3. The molecule has 0 nitrogen and oxygen atoms in total. The van der Waals surface area contributed by atoms with Crippen molar-refractivity contribution in [3.63, 3.8) is 0 Å². The first-order valence-electron chi connectivity index (χ1n) is 6.34. The molecule has 0 bridgehead atoms. The largest absolute Gasteiger partial charge is 0.0622 e. The van der Waals surface area contributed by atoms with E-state index in [1.165, 1.54) is 24.0 Å². The van der Waals surface area contributed by atoms with Crippen molar-refractivity contribution in [3.8, 4) is 0 Å². The molecule has 0 heteroatoms. The summed E-state index contributed by atoms with van der Waals surface area (Å²) in [7, 11) is 0. The predicted octanol–water partition coefficient (Wildman–Crippen LogP) is 4.32. The van der Waals surface area contributed by atoms with Crippen LogP contribution in [0.25, 0.3) is 0 Å². The second-order valence-electron chi connectivity index (χ2n) is 5.08. The van der Waals surface area contributed by atoms with Gasteiger partial charge in [-0.25, -0.2) is 0 Å². The van der Waals surface area contributed by atoms with E-state index < -0.39 is 0 Å². The molecule has 1 aliphatic rings. The molecule has 85 valence electrons. The van der Waals surface area contributed by atoms with Crippen LogP contribution in [0.3, 0.4) is 0 Å². The van der Waals surface area contributed by atoms with Gasteiger partial charge in [0.15, 0.2) is 0 Å². The van der Waals surface area contributed by atoms with Gasteiger partial charge in [0.05, 0.1) is 0 Å². The van der Waals surface area contributed by atoms with Crippen LogP contribution in [0.15, 0.2) is 54.6 Å². The predicted molar refractivity (Wildman–Crippen MR) is 71.0 cm³/mol. The lowest BCUT2D eigenvalue weighted by Crippen LogP contribution is -2.15.